The first-order chi connectivity index (χ1) is 8.76. The fraction of sp³-hybridized carbons (Fsp3) is 0.231. The van der Waals surface area contributed by atoms with E-state index in [4.69, 9.17) is 5.73 Å². The molecule has 1 aromatic heterocycles. The lowest BCUT2D eigenvalue weighted by molar-refractivity contribution is 0.625. The summed E-state index contributed by atoms with van der Waals surface area (Å²) in [6.07, 6.45) is 0. The Bertz CT molecular complexity index is 513. The van der Waals surface area contributed by atoms with E-state index in [9.17, 15) is 4.39 Å². The minimum absolute atomic E-state index is 0.274. The summed E-state index contributed by atoms with van der Waals surface area (Å²) >= 11 is 0. The summed E-state index contributed by atoms with van der Waals surface area (Å²) in [7, 11) is 0. The van der Waals surface area contributed by atoms with E-state index in [2.05, 4.69) is 10.2 Å². The van der Waals surface area contributed by atoms with E-state index in [1.54, 1.807) is 35.2 Å². The van der Waals surface area contributed by atoms with Gasteiger partial charge in [0.1, 0.15) is 5.82 Å². The average Bonchev–Trinajstić information content (AvgIpc) is 2.42. The number of nitrogens with two attached hydrogens (primary N) is 1. The molecule has 18 heavy (non-hydrogen) atoms. The molecule has 0 aliphatic rings. The monoisotopic (exact) mass is 246 g/mol. The molecule has 2 aromatic rings. The lowest BCUT2D eigenvalue weighted by Gasteiger charge is -2.21. The molecule has 5 heteroatoms. The van der Waals surface area contributed by atoms with Crippen LogP contribution >= 0.6 is 0 Å². The van der Waals surface area contributed by atoms with Crippen molar-refractivity contribution < 1.29 is 4.39 Å². The van der Waals surface area contributed by atoms with Gasteiger partial charge in [-0.25, -0.2) is 4.39 Å². The largest absolute Gasteiger partial charge is 0.325 e. The van der Waals surface area contributed by atoms with Gasteiger partial charge >= 0.3 is 0 Å². The molecule has 0 atom stereocenters. The first kappa shape index (κ1) is 12.4. The number of rotatable bonds is 4. The van der Waals surface area contributed by atoms with Gasteiger partial charge in [0.25, 0.3) is 0 Å². The highest BCUT2D eigenvalue weighted by atomic mass is 19.1. The standard InChI is InChI=1S/C13H15FN4/c1-2-18(12-6-4-3-5-11(12)14)13-8-7-10(9-15)16-17-13/h3-8H,2,9,15H2,1H3. The molecule has 0 fully saturated rings. The zero-order valence-corrected chi connectivity index (χ0v) is 10.2. The van der Waals surface area contributed by atoms with Crippen LogP contribution < -0.4 is 10.6 Å². The number of aromatic nitrogens is 2. The minimum atomic E-state index is -0.274. The first-order valence-electron chi connectivity index (χ1n) is 5.81. The predicted molar refractivity (Wildman–Crippen MR) is 69.0 cm³/mol. The van der Waals surface area contributed by atoms with Gasteiger partial charge in [-0.05, 0) is 31.2 Å². The second-order valence-corrected chi connectivity index (χ2v) is 3.78. The third kappa shape index (κ3) is 2.46. The molecule has 0 aliphatic carbocycles. The van der Waals surface area contributed by atoms with Gasteiger partial charge in [-0.15, -0.1) is 5.10 Å². The Balaban J connectivity index is 2.36. The molecular weight excluding hydrogens is 231 g/mol. The van der Waals surface area contributed by atoms with Crippen LogP contribution in [0.3, 0.4) is 0 Å². The van der Waals surface area contributed by atoms with Crippen LogP contribution in [0.5, 0.6) is 0 Å². The van der Waals surface area contributed by atoms with E-state index in [1.807, 2.05) is 6.92 Å². The molecule has 2 N–H and O–H groups in total. The number of hydrogen-bond acceptors (Lipinski definition) is 4. The summed E-state index contributed by atoms with van der Waals surface area (Å²) in [6.45, 7) is 2.89. The van der Waals surface area contributed by atoms with Crippen molar-refractivity contribution in [2.45, 2.75) is 13.5 Å². The summed E-state index contributed by atoms with van der Waals surface area (Å²) < 4.78 is 13.7. The zero-order valence-electron chi connectivity index (χ0n) is 10.2. The van der Waals surface area contributed by atoms with Crippen LogP contribution in [0, 0.1) is 5.82 Å². The summed E-state index contributed by atoms with van der Waals surface area (Å²) in [5.74, 6) is 0.337. The Labute approximate surface area is 105 Å². The fourth-order valence-corrected chi connectivity index (χ4v) is 1.73. The number of hydrogen-bond donors (Lipinski definition) is 1. The van der Waals surface area contributed by atoms with Crippen LogP contribution in [0.4, 0.5) is 15.9 Å². The lowest BCUT2D eigenvalue weighted by Crippen LogP contribution is -2.19. The molecule has 1 aromatic carbocycles. The summed E-state index contributed by atoms with van der Waals surface area (Å²) in [6, 6.07) is 10.2. The molecule has 0 amide bonds. The first-order valence-corrected chi connectivity index (χ1v) is 5.81. The maximum Gasteiger partial charge on any atom is 0.155 e. The van der Waals surface area contributed by atoms with Gasteiger partial charge in [0.15, 0.2) is 5.82 Å². The molecule has 2 rings (SSSR count). The molecule has 0 unspecified atom stereocenters. The van der Waals surface area contributed by atoms with E-state index in [-0.39, 0.29) is 5.82 Å². The quantitative estimate of drug-likeness (QED) is 0.898. The van der Waals surface area contributed by atoms with Crippen molar-refractivity contribution in [3.05, 3.63) is 47.9 Å². The van der Waals surface area contributed by atoms with Gasteiger partial charge in [-0.3, -0.25) is 0 Å². The minimum Gasteiger partial charge on any atom is -0.325 e. The second kappa shape index (κ2) is 5.55. The van der Waals surface area contributed by atoms with Crippen molar-refractivity contribution in [1.29, 1.82) is 0 Å². The van der Waals surface area contributed by atoms with Crippen molar-refractivity contribution >= 4 is 11.5 Å². The molecule has 0 aliphatic heterocycles. The molecule has 0 bridgehead atoms. The Morgan fingerprint density at radius 2 is 1.94 bits per heavy atom. The third-order valence-corrected chi connectivity index (χ3v) is 2.65. The molecule has 0 spiro atoms. The average molecular weight is 246 g/mol. The van der Waals surface area contributed by atoms with Gasteiger partial charge < -0.3 is 10.6 Å². The third-order valence-electron chi connectivity index (χ3n) is 2.65. The number of para-hydroxylation sites is 1. The van der Waals surface area contributed by atoms with E-state index in [0.717, 1.165) is 0 Å². The summed E-state index contributed by atoms with van der Waals surface area (Å²) in [5, 5.41) is 8.05. The Hall–Kier alpha value is -2.01. The fourth-order valence-electron chi connectivity index (χ4n) is 1.73. The van der Waals surface area contributed by atoms with E-state index >= 15 is 0 Å². The SMILES string of the molecule is CCN(c1ccc(CN)nn1)c1ccccc1F. The van der Waals surface area contributed by atoms with Crippen LogP contribution in [0.25, 0.3) is 0 Å². The van der Waals surface area contributed by atoms with Crippen LogP contribution in [-0.2, 0) is 6.54 Å². The highest BCUT2D eigenvalue weighted by molar-refractivity contribution is 5.59. The van der Waals surface area contributed by atoms with Crippen LogP contribution in [-0.4, -0.2) is 16.7 Å². The predicted octanol–water partition coefficient (Wildman–Crippen LogP) is 2.23. The molecular formula is C13H15FN4. The van der Waals surface area contributed by atoms with Crippen molar-refractivity contribution in [3.63, 3.8) is 0 Å². The van der Waals surface area contributed by atoms with Crippen molar-refractivity contribution in [2.24, 2.45) is 5.73 Å². The van der Waals surface area contributed by atoms with Gasteiger partial charge in [-0.2, -0.15) is 5.10 Å². The molecule has 0 saturated carbocycles. The molecule has 1 heterocycles. The zero-order chi connectivity index (χ0) is 13.0. The van der Waals surface area contributed by atoms with E-state index in [0.29, 0.717) is 30.3 Å². The highest BCUT2D eigenvalue weighted by Gasteiger charge is 2.12. The normalized spacial score (nSPS) is 10.4. The van der Waals surface area contributed by atoms with Crippen LogP contribution in [0.15, 0.2) is 36.4 Å². The molecule has 4 nitrogen and oxygen atoms in total. The van der Waals surface area contributed by atoms with Crippen LogP contribution in [0.2, 0.25) is 0 Å². The molecule has 94 valence electrons. The second-order valence-electron chi connectivity index (χ2n) is 3.78. The van der Waals surface area contributed by atoms with Crippen molar-refractivity contribution in [1.82, 2.24) is 10.2 Å². The Kier molecular flexibility index (Phi) is 3.84. The van der Waals surface area contributed by atoms with Crippen molar-refractivity contribution in [2.75, 3.05) is 11.4 Å². The summed E-state index contributed by atoms with van der Waals surface area (Å²) in [4.78, 5) is 1.77. The van der Waals surface area contributed by atoms with E-state index < -0.39 is 0 Å². The maximum absolute atomic E-state index is 13.7. The smallest absolute Gasteiger partial charge is 0.155 e. The number of halogens is 1. The van der Waals surface area contributed by atoms with Gasteiger partial charge in [0.2, 0.25) is 0 Å². The maximum atomic E-state index is 13.7. The Morgan fingerprint density at radius 3 is 2.50 bits per heavy atom. The Morgan fingerprint density at radius 1 is 1.17 bits per heavy atom. The topological polar surface area (TPSA) is 55.0 Å². The van der Waals surface area contributed by atoms with Gasteiger partial charge in [-0.1, -0.05) is 12.1 Å². The van der Waals surface area contributed by atoms with Gasteiger partial charge in [0.05, 0.1) is 11.4 Å². The number of anilines is 2. The number of benzene rings is 1. The van der Waals surface area contributed by atoms with Crippen LogP contribution in [0.1, 0.15) is 12.6 Å². The van der Waals surface area contributed by atoms with E-state index in [1.165, 1.54) is 6.07 Å². The molecule has 0 radical (unpaired) electrons. The lowest BCUT2D eigenvalue weighted by atomic mass is 10.2. The van der Waals surface area contributed by atoms with Gasteiger partial charge in [0, 0.05) is 13.1 Å². The van der Waals surface area contributed by atoms with Crippen molar-refractivity contribution in [3.8, 4) is 0 Å². The molecule has 0 saturated heterocycles. The highest BCUT2D eigenvalue weighted by Crippen LogP contribution is 2.25. The number of nitrogens with zero attached hydrogens (tertiary/aromatic N) is 3. The summed E-state index contributed by atoms with van der Waals surface area (Å²) in [5.41, 5.74) is 6.67.